The Labute approximate surface area is 252 Å². The summed E-state index contributed by atoms with van der Waals surface area (Å²) in [5, 5.41) is 6.80. The quantitative estimate of drug-likeness (QED) is 0.163. The van der Waals surface area contributed by atoms with Crippen LogP contribution in [-0.4, -0.2) is 23.0 Å². The van der Waals surface area contributed by atoms with Crippen LogP contribution in [0.25, 0.3) is 33.5 Å². The van der Waals surface area contributed by atoms with Gasteiger partial charge in [-0.25, -0.2) is 4.98 Å². The molecule has 10 heteroatoms. The summed E-state index contributed by atoms with van der Waals surface area (Å²) in [5.74, 6) is 1.41. The van der Waals surface area contributed by atoms with E-state index < -0.39 is 0 Å². The van der Waals surface area contributed by atoms with Gasteiger partial charge in [0.1, 0.15) is 12.2 Å². The van der Waals surface area contributed by atoms with Gasteiger partial charge in [-0.2, -0.15) is 9.78 Å². The van der Waals surface area contributed by atoms with Crippen LogP contribution in [0, 0.1) is 0 Å². The van der Waals surface area contributed by atoms with Gasteiger partial charge in [0, 0.05) is 37.1 Å². The van der Waals surface area contributed by atoms with E-state index in [1.807, 2.05) is 48.5 Å². The SMILES string of the molecule is COc1cc(Cl)cc(C=Nn2c(-c3cc4cc(Br)ccc4o3)nc3ccccc3c2=O)c1OCc1ccccc1Cl. The average Bonchev–Trinajstić information content (AvgIpc) is 3.39. The van der Waals surface area contributed by atoms with Gasteiger partial charge in [0.2, 0.25) is 5.82 Å². The minimum Gasteiger partial charge on any atom is -0.493 e. The van der Waals surface area contributed by atoms with Crippen LogP contribution in [0.1, 0.15) is 11.1 Å². The maximum absolute atomic E-state index is 13.7. The van der Waals surface area contributed by atoms with Crippen molar-refractivity contribution in [3.8, 4) is 23.1 Å². The molecule has 0 aliphatic carbocycles. The van der Waals surface area contributed by atoms with E-state index in [-0.39, 0.29) is 18.0 Å². The van der Waals surface area contributed by atoms with E-state index in [0.717, 1.165) is 15.4 Å². The van der Waals surface area contributed by atoms with Crippen molar-refractivity contribution in [2.75, 3.05) is 7.11 Å². The van der Waals surface area contributed by atoms with Crippen molar-refractivity contribution in [3.63, 3.8) is 0 Å². The van der Waals surface area contributed by atoms with Crippen molar-refractivity contribution in [3.05, 3.63) is 121 Å². The predicted octanol–water partition coefficient (Wildman–Crippen LogP) is 8.35. The molecule has 0 spiro atoms. The second-order valence-electron chi connectivity index (χ2n) is 9.01. The van der Waals surface area contributed by atoms with E-state index in [2.05, 4.69) is 21.0 Å². The molecular formula is C31H20BrCl2N3O4. The zero-order chi connectivity index (χ0) is 28.5. The van der Waals surface area contributed by atoms with Crippen LogP contribution < -0.4 is 15.0 Å². The summed E-state index contributed by atoms with van der Waals surface area (Å²) >= 11 is 16.2. The molecule has 0 aliphatic heterocycles. The third-order valence-electron chi connectivity index (χ3n) is 6.36. The Hall–Kier alpha value is -4.11. The van der Waals surface area contributed by atoms with Crippen molar-refractivity contribution >= 4 is 67.2 Å². The number of fused-ring (bicyclic) bond motifs is 2. The Morgan fingerprint density at radius 1 is 1.02 bits per heavy atom. The first kappa shape index (κ1) is 27.1. The number of benzene rings is 4. The highest BCUT2D eigenvalue weighted by atomic mass is 79.9. The van der Waals surface area contributed by atoms with Crippen LogP contribution >= 0.6 is 39.1 Å². The van der Waals surface area contributed by atoms with Gasteiger partial charge in [-0.3, -0.25) is 4.79 Å². The van der Waals surface area contributed by atoms with Crippen molar-refractivity contribution in [2.45, 2.75) is 6.61 Å². The Bertz CT molecular complexity index is 2020. The maximum atomic E-state index is 13.7. The highest BCUT2D eigenvalue weighted by molar-refractivity contribution is 9.10. The summed E-state index contributed by atoms with van der Waals surface area (Å²) in [6.45, 7) is 0.176. The number of hydrogen-bond acceptors (Lipinski definition) is 6. The Morgan fingerprint density at radius 2 is 1.83 bits per heavy atom. The van der Waals surface area contributed by atoms with Gasteiger partial charge in [-0.05, 0) is 48.5 Å². The molecule has 0 saturated heterocycles. The lowest BCUT2D eigenvalue weighted by Gasteiger charge is -2.15. The Kier molecular flexibility index (Phi) is 7.53. The second kappa shape index (κ2) is 11.4. The van der Waals surface area contributed by atoms with E-state index >= 15 is 0 Å². The van der Waals surface area contributed by atoms with Crippen LogP contribution in [0.5, 0.6) is 11.5 Å². The van der Waals surface area contributed by atoms with Gasteiger partial charge in [0.25, 0.3) is 5.56 Å². The fraction of sp³-hybridized carbons (Fsp3) is 0.0645. The number of halogens is 3. The number of aromatic nitrogens is 2. The molecule has 41 heavy (non-hydrogen) atoms. The summed E-state index contributed by atoms with van der Waals surface area (Å²) in [6, 6.07) is 25.3. The predicted molar refractivity (Wildman–Crippen MR) is 166 cm³/mol. The molecule has 0 unspecified atom stereocenters. The molecule has 2 heterocycles. The molecule has 204 valence electrons. The largest absolute Gasteiger partial charge is 0.493 e. The van der Waals surface area contributed by atoms with E-state index in [9.17, 15) is 4.79 Å². The van der Waals surface area contributed by atoms with Gasteiger partial charge >= 0.3 is 0 Å². The van der Waals surface area contributed by atoms with Gasteiger partial charge in [-0.1, -0.05) is 69.5 Å². The van der Waals surface area contributed by atoms with Crippen LogP contribution in [0.4, 0.5) is 0 Å². The van der Waals surface area contributed by atoms with Crippen molar-refractivity contribution < 1.29 is 13.9 Å². The monoisotopic (exact) mass is 647 g/mol. The molecule has 0 bridgehead atoms. The smallest absolute Gasteiger partial charge is 0.282 e. The first-order chi connectivity index (χ1) is 19.9. The topological polar surface area (TPSA) is 78.9 Å². The molecular weight excluding hydrogens is 629 g/mol. The lowest BCUT2D eigenvalue weighted by atomic mass is 10.2. The standard InChI is InChI=1S/C31H20BrCl2N3O4/c1-39-27-15-22(33)13-20(29(27)40-17-18-6-2-4-8-24(18)34)16-35-37-30(36-25-9-5-3-7-23(25)31(37)38)28-14-19-12-21(32)10-11-26(19)41-28/h2-16H,17H2,1H3. The lowest BCUT2D eigenvalue weighted by Crippen LogP contribution is -2.20. The highest BCUT2D eigenvalue weighted by Gasteiger charge is 2.18. The summed E-state index contributed by atoms with van der Waals surface area (Å²) < 4.78 is 19.9. The van der Waals surface area contributed by atoms with Crippen molar-refractivity contribution in [1.29, 1.82) is 0 Å². The number of rotatable bonds is 7. The highest BCUT2D eigenvalue weighted by Crippen LogP contribution is 2.35. The number of nitrogens with zero attached hydrogens (tertiary/aromatic N) is 3. The van der Waals surface area contributed by atoms with E-state index in [0.29, 0.717) is 49.4 Å². The molecule has 6 rings (SSSR count). The molecule has 0 radical (unpaired) electrons. The molecule has 6 aromatic rings. The van der Waals surface area contributed by atoms with Crippen LogP contribution in [-0.2, 0) is 6.61 Å². The molecule has 4 aromatic carbocycles. The number of methoxy groups -OCH3 is 1. The lowest BCUT2D eigenvalue weighted by molar-refractivity contribution is 0.284. The normalized spacial score (nSPS) is 11.5. The number of para-hydroxylation sites is 1. The fourth-order valence-electron chi connectivity index (χ4n) is 4.39. The molecule has 0 amide bonds. The van der Waals surface area contributed by atoms with Gasteiger partial charge in [0.15, 0.2) is 17.3 Å². The minimum atomic E-state index is -0.365. The number of hydrogen-bond donors (Lipinski definition) is 0. The second-order valence-corrected chi connectivity index (χ2v) is 10.8. The molecule has 0 saturated carbocycles. The van der Waals surface area contributed by atoms with Gasteiger partial charge in [-0.15, -0.1) is 0 Å². The molecule has 0 fully saturated rings. The van der Waals surface area contributed by atoms with Crippen molar-refractivity contribution in [2.24, 2.45) is 5.10 Å². The summed E-state index contributed by atoms with van der Waals surface area (Å²) in [7, 11) is 1.52. The zero-order valence-electron chi connectivity index (χ0n) is 21.5. The Morgan fingerprint density at radius 3 is 2.66 bits per heavy atom. The third kappa shape index (κ3) is 5.46. The average molecular weight is 649 g/mol. The van der Waals surface area contributed by atoms with Crippen LogP contribution in [0.3, 0.4) is 0 Å². The third-order valence-corrected chi connectivity index (χ3v) is 7.44. The van der Waals surface area contributed by atoms with Gasteiger partial charge < -0.3 is 13.9 Å². The zero-order valence-corrected chi connectivity index (χ0v) is 24.6. The molecule has 2 aromatic heterocycles. The molecule has 0 atom stereocenters. The molecule has 7 nitrogen and oxygen atoms in total. The van der Waals surface area contributed by atoms with E-state index in [1.54, 1.807) is 36.4 Å². The van der Waals surface area contributed by atoms with Crippen LogP contribution in [0.2, 0.25) is 10.0 Å². The summed E-state index contributed by atoms with van der Waals surface area (Å²) in [5.41, 5.74) is 2.09. The molecule has 0 N–H and O–H groups in total. The minimum absolute atomic E-state index is 0.176. The van der Waals surface area contributed by atoms with E-state index in [4.69, 9.17) is 42.1 Å². The summed E-state index contributed by atoms with van der Waals surface area (Å²) in [4.78, 5) is 18.4. The first-order valence-electron chi connectivity index (χ1n) is 12.4. The van der Waals surface area contributed by atoms with Crippen LogP contribution in [0.15, 0.2) is 104 Å². The van der Waals surface area contributed by atoms with Crippen molar-refractivity contribution in [1.82, 2.24) is 9.66 Å². The maximum Gasteiger partial charge on any atom is 0.282 e. The number of ether oxygens (including phenoxy) is 2. The van der Waals surface area contributed by atoms with Gasteiger partial charge in [0.05, 0.1) is 24.2 Å². The first-order valence-corrected chi connectivity index (χ1v) is 14.0. The fourth-order valence-corrected chi connectivity index (χ4v) is 5.18. The number of furan rings is 1. The summed E-state index contributed by atoms with van der Waals surface area (Å²) in [6.07, 6.45) is 1.48. The van der Waals surface area contributed by atoms with E-state index in [1.165, 1.54) is 18.0 Å². The Balaban J connectivity index is 1.48. The molecule has 0 aliphatic rings.